The third kappa shape index (κ3) is 40.8. The van der Waals surface area contributed by atoms with Crippen molar-refractivity contribution >= 4 is 25.5 Å². The number of allylic oxidation sites excluding steroid dienone is 16. The highest BCUT2D eigenvalue weighted by molar-refractivity contribution is 7.47. The summed E-state index contributed by atoms with van der Waals surface area (Å²) in [7, 11) is -4.45. The summed E-state index contributed by atoms with van der Waals surface area (Å²) in [5, 5.41) is 0. The second-order valence-corrected chi connectivity index (χ2v) is 15.3. The summed E-state index contributed by atoms with van der Waals surface area (Å²) in [6.45, 7) is 3.33. The van der Waals surface area contributed by atoms with Crippen molar-refractivity contribution in [3.8, 4) is 0 Å². The fourth-order valence-corrected chi connectivity index (χ4v) is 5.92. The number of carbonyl (C=O) groups excluding carboxylic acids is 3. The van der Waals surface area contributed by atoms with E-state index >= 15 is 0 Å². The molecule has 0 aromatic heterocycles. The van der Waals surface area contributed by atoms with Crippen LogP contribution in [0.3, 0.4) is 0 Å². The normalized spacial score (nSPS) is 14.1. The number of esters is 2. The minimum absolute atomic E-state index is 0.0104. The molecule has 0 saturated carbocycles. The first-order chi connectivity index (χ1) is 28.2. The highest BCUT2D eigenvalue weighted by Crippen LogP contribution is 2.43. The van der Waals surface area contributed by atoms with Gasteiger partial charge in [0.25, 0.3) is 0 Å². The summed E-state index contributed by atoms with van der Waals surface area (Å²) < 4.78 is 32.5. The van der Waals surface area contributed by atoms with Crippen LogP contribution in [0.25, 0.3) is 0 Å². The molecule has 0 aliphatic rings. The predicted molar refractivity (Wildman–Crippen MR) is 238 cm³/mol. The van der Waals surface area contributed by atoms with Crippen LogP contribution in [-0.4, -0.2) is 55.1 Å². The summed E-state index contributed by atoms with van der Waals surface area (Å²) >= 11 is 0. The predicted octanol–water partition coefficient (Wildman–Crippen LogP) is 11.8. The number of ketones is 1. The second-order valence-electron chi connectivity index (χ2n) is 13.9. The minimum atomic E-state index is -4.45. The van der Waals surface area contributed by atoms with E-state index in [0.717, 1.165) is 57.8 Å². The summed E-state index contributed by atoms with van der Waals surface area (Å²) in [6.07, 6.45) is 50.1. The lowest BCUT2D eigenvalue weighted by Crippen LogP contribution is -2.29. The zero-order chi connectivity index (χ0) is 42.6. The van der Waals surface area contributed by atoms with Gasteiger partial charge < -0.3 is 20.1 Å². The van der Waals surface area contributed by atoms with Gasteiger partial charge in [0.05, 0.1) is 13.2 Å². The van der Waals surface area contributed by atoms with Gasteiger partial charge in [0.15, 0.2) is 11.9 Å². The Morgan fingerprint density at radius 3 is 1.60 bits per heavy atom. The van der Waals surface area contributed by atoms with Gasteiger partial charge in [-0.25, -0.2) is 4.57 Å². The number of rotatable bonds is 39. The molecule has 0 fully saturated rings. The maximum atomic E-state index is 12.6. The third-order valence-electron chi connectivity index (χ3n) is 8.42. The van der Waals surface area contributed by atoms with E-state index in [0.29, 0.717) is 6.42 Å². The minimum Gasteiger partial charge on any atom is -0.462 e. The van der Waals surface area contributed by atoms with Crippen LogP contribution in [0, 0.1) is 0 Å². The standard InChI is InChI=1S/C47H76NO9P/c1-3-5-7-9-11-13-15-17-18-19-20-21-22-24-26-28-30-32-34-38-47(51)57-45(43-56-58(52,53)55-41-40-48)42-54-46(50)39-35-37-44(49)36-33-31-29-27-25-23-16-14-12-10-8-6-4-2/h11-14,17-18,20-21,23-26,29,31,33,36,45H,3-10,15-16,19,22,27-28,30,32,34-35,37-43,48H2,1-2H3,(H,52,53)/b13-11-,14-12-,18-17-,21-20-,25-23-,26-24-,31-29-,36-33+/t45-/m1/s1. The summed E-state index contributed by atoms with van der Waals surface area (Å²) in [6, 6.07) is 0. The average molecular weight is 830 g/mol. The van der Waals surface area contributed by atoms with Crippen LogP contribution in [0.1, 0.15) is 149 Å². The van der Waals surface area contributed by atoms with Gasteiger partial charge in [-0.1, -0.05) is 137 Å². The van der Waals surface area contributed by atoms with Crippen LogP contribution in [0.4, 0.5) is 0 Å². The van der Waals surface area contributed by atoms with E-state index in [1.165, 1.54) is 51.0 Å². The van der Waals surface area contributed by atoms with E-state index in [-0.39, 0.29) is 51.2 Å². The molecule has 0 spiro atoms. The lowest BCUT2D eigenvalue weighted by Gasteiger charge is -2.19. The molecule has 3 N–H and O–H groups in total. The number of hydrogen-bond donors (Lipinski definition) is 2. The number of phosphoric acid groups is 1. The summed E-state index contributed by atoms with van der Waals surface area (Å²) in [5.74, 6) is -1.24. The smallest absolute Gasteiger partial charge is 0.462 e. The number of nitrogens with two attached hydrogens (primary N) is 1. The Balaban J connectivity index is 4.44. The van der Waals surface area contributed by atoms with Gasteiger partial charge in [-0.3, -0.25) is 23.4 Å². The second kappa shape index (κ2) is 41.7. The topological polar surface area (TPSA) is 151 Å². The van der Waals surface area contributed by atoms with Crippen molar-refractivity contribution in [3.63, 3.8) is 0 Å². The number of ether oxygens (including phenoxy) is 2. The Morgan fingerprint density at radius 2 is 1.07 bits per heavy atom. The van der Waals surface area contributed by atoms with Gasteiger partial charge in [0.1, 0.15) is 6.61 Å². The van der Waals surface area contributed by atoms with Crippen molar-refractivity contribution in [1.82, 2.24) is 0 Å². The lowest BCUT2D eigenvalue weighted by molar-refractivity contribution is -0.161. The van der Waals surface area contributed by atoms with Crippen LogP contribution < -0.4 is 5.73 Å². The van der Waals surface area contributed by atoms with Crippen LogP contribution in [0.2, 0.25) is 0 Å². The van der Waals surface area contributed by atoms with Crippen molar-refractivity contribution in [1.29, 1.82) is 0 Å². The molecule has 328 valence electrons. The van der Waals surface area contributed by atoms with Crippen LogP contribution in [0.5, 0.6) is 0 Å². The molecular formula is C47H76NO9P. The molecule has 10 nitrogen and oxygen atoms in total. The molecule has 0 amide bonds. The molecule has 0 aliphatic carbocycles. The van der Waals surface area contributed by atoms with E-state index in [4.69, 9.17) is 24.3 Å². The van der Waals surface area contributed by atoms with Crippen LogP contribution >= 0.6 is 7.82 Å². The Labute approximate surface area is 351 Å². The Hall–Kier alpha value is -3.40. The molecule has 2 atom stereocenters. The van der Waals surface area contributed by atoms with Gasteiger partial charge in [0, 0.05) is 25.8 Å². The quantitative estimate of drug-likeness (QED) is 0.0153. The van der Waals surface area contributed by atoms with E-state index in [2.05, 4.69) is 86.8 Å². The SMILES string of the molecule is CCCCC/C=C\C/C=C\C/C=C\C=C\C(=O)CCCC(=O)OC[C@H](COP(=O)(O)OCCN)OC(=O)CCCCC/C=C\C/C=C\C/C=C\C/C=C\CCCCC. The molecule has 0 heterocycles. The van der Waals surface area contributed by atoms with E-state index < -0.39 is 32.5 Å². The van der Waals surface area contributed by atoms with Crippen LogP contribution in [0.15, 0.2) is 97.2 Å². The molecule has 11 heteroatoms. The highest BCUT2D eigenvalue weighted by atomic mass is 31.2. The van der Waals surface area contributed by atoms with E-state index in [1.807, 2.05) is 12.2 Å². The zero-order valence-electron chi connectivity index (χ0n) is 35.7. The van der Waals surface area contributed by atoms with Crippen molar-refractivity contribution in [3.05, 3.63) is 97.2 Å². The molecule has 0 radical (unpaired) electrons. The maximum absolute atomic E-state index is 12.6. The van der Waals surface area contributed by atoms with Gasteiger partial charge in [0.2, 0.25) is 0 Å². The Morgan fingerprint density at radius 1 is 0.569 bits per heavy atom. The van der Waals surface area contributed by atoms with Crippen LogP contribution in [-0.2, 0) is 37.5 Å². The van der Waals surface area contributed by atoms with Crippen molar-refractivity contribution in [2.75, 3.05) is 26.4 Å². The first-order valence-electron chi connectivity index (χ1n) is 21.7. The molecule has 0 rings (SSSR count). The fraction of sp³-hybridized carbons (Fsp3) is 0.596. The molecule has 0 aromatic carbocycles. The highest BCUT2D eigenvalue weighted by Gasteiger charge is 2.26. The molecule has 1 unspecified atom stereocenters. The fourth-order valence-electron chi connectivity index (χ4n) is 5.16. The molecule has 0 aromatic rings. The first kappa shape index (κ1) is 54.6. The van der Waals surface area contributed by atoms with Gasteiger partial charge in [-0.15, -0.1) is 0 Å². The molecule has 0 aliphatic heterocycles. The molecular weight excluding hydrogens is 753 g/mol. The van der Waals surface area contributed by atoms with Crippen molar-refractivity contribution < 1.29 is 42.4 Å². The number of phosphoric ester groups is 1. The maximum Gasteiger partial charge on any atom is 0.472 e. The molecule has 0 saturated heterocycles. The summed E-state index contributed by atoms with van der Waals surface area (Å²) in [5.41, 5.74) is 5.33. The number of hydrogen-bond acceptors (Lipinski definition) is 9. The van der Waals surface area contributed by atoms with E-state index in [9.17, 15) is 23.8 Å². The first-order valence-corrected chi connectivity index (χ1v) is 23.2. The average Bonchev–Trinajstić information content (AvgIpc) is 3.20. The van der Waals surface area contributed by atoms with Gasteiger partial charge >= 0.3 is 19.8 Å². The largest absolute Gasteiger partial charge is 0.472 e. The summed E-state index contributed by atoms with van der Waals surface area (Å²) in [4.78, 5) is 47.0. The lowest BCUT2D eigenvalue weighted by atomic mass is 10.1. The Kier molecular flexibility index (Phi) is 39.3. The molecule has 0 bridgehead atoms. The van der Waals surface area contributed by atoms with Crippen molar-refractivity contribution in [2.45, 2.75) is 155 Å². The number of unbranched alkanes of at least 4 members (excludes halogenated alkanes) is 9. The van der Waals surface area contributed by atoms with Crippen molar-refractivity contribution in [2.24, 2.45) is 5.73 Å². The zero-order valence-corrected chi connectivity index (χ0v) is 36.6. The number of carbonyl (C=O) groups is 3. The third-order valence-corrected chi connectivity index (χ3v) is 9.40. The molecule has 58 heavy (non-hydrogen) atoms. The monoisotopic (exact) mass is 830 g/mol. The van der Waals surface area contributed by atoms with Gasteiger partial charge in [-0.05, 0) is 89.5 Å². The van der Waals surface area contributed by atoms with Gasteiger partial charge in [-0.2, -0.15) is 0 Å². The van der Waals surface area contributed by atoms with E-state index in [1.54, 1.807) is 6.08 Å². The Bertz CT molecular complexity index is 1330.